The van der Waals surface area contributed by atoms with Gasteiger partial charge in [0.05, 0.1) is 13.2 Å². The Hall–Kier alpha value is -1.92. The molecule has 0 heterocycles. The highest BCUT2D eigenvalue weighted by atomic mass is 16.3. The van der Waals surface area contributed by atoms with Crippen LogP contribution in [0.5, 0.6) is 0 Å². The first-order valence-electron chi connectivity index (χ1n) is 7.11. The zero-order valence-electron chi connectivity index (χ0n) is 12.1. The molecule has 1 aliphatic carbocycles. The number of hydrogen-bond acceptors (Lipinski definition) is 4. The predicted molar refractivity (Wildman–Crippen MR) is 81.1 cm³/mol. The van der Waals surface area contributed by atoms with E-state index in [9.17, 15) is 9.59 Å². The van der Waals surface area contributed by atoms with Gasteiger partial charge in [-0.05, 0) is 37.1 Å². The van der Waals surface area contributed by atoms with E-state index >= 15 is 0 Å². The third-order valence-electron chi connectivity index (χ3n) is 3.29. The maximum Gasteiger partial charge on any atom is 0.238 e. The van der Waals surface area contributed by atoms with Crippen LogP contribution in [0.3, 0.4) is 0 Å². The lowest BCUT2D eigenvalue weighted by molar-refractivity contribution is -0.117. The lowest BCUT2D eigenvalue weighted by atomic mass is 10.2. The molecule has 0 spiro atoms. The summed E-state index contributed by atoms with van der Waals surface area (Å²) in [5, 5.41) is 14.5. The molecule has 0 radical (unpaired) electrons. The van der Waals surface area contributed by atoms with Crippen LogP contribution in [-0.2, 0) is 9.59 Å². The standard InChI is InChI=1S/C15H21N3O3/c1-11(20)16-12-2-4-13(5-3-12)17-15(21)10-18(8-9-19)14-6-7-14/h2-5,14,19H,6-10H2,1H3,(H,16,20)(H,17,21). The Kier molecular flexibility index (Phi) is 5.30. The molecule has 2 amide bonds. The number of hydrogen-bond donors (Lipinski definition) is 3. The van der Waals surface area contributed by atoms with Gasteiger partial charge < -0.3 is 15.7 Å². The van der Waals surface area contributed by atoms with Crippen LogP contribution in [0.2, 0.25) is 0 Å². The fraction of sp³-hybridized carbons (Fsp3) is 0.467. The minimum absolute atomic E-state index is 0.0647. The molecule has 6 nitrogen and oxygen atoms in total. The number of carbonyl (C=O) groups is 2. The van der Waals surface area contributed by atoms with Gasteiger partial charge in [0, 0.05) is 30.9 Å². The largest absolute Gasteiger partial charge is 0.395 e. The Morgan fingerprint density at radius 1 is 1.19 bits per heavy atom. The predicted octanol–water partition coefficient (Wildman–Crippen LogP) is 1.04. The number of aliphatic hydroxyl groups excluding tert-OH is 1. The highest BCUT2D eigenvalue weighted by Crippen LogP contribution is 2.26. The summed E-state index contributed by atoms with van der Waals surface area (Å²) in [6.45, 7) is 2.33. The lowest BCUT2D eigenvalue weighted by Crippen LogP contribution is -2.36. The summed E-state index contributed by atoms with van der Waals surface area (Å²) in [5.41, 5.74) is 1.38. The molecule has 1 aromatic carbocycles. The molecule has 1 fully saturated rings. The number of rotatable bonds is 7. The molecule has 21 heavy (non-hydrogen) atoms. The summed E-state index contributed by atoms with van der Waals surface area (Å²) in [5.74, 6) is -0.224. The van der Waals surface area contributed by atoms with Crippen LogP contribution in [-0.4, -0.2) is 47.6 Å². The van der Waals surface area contributed by atoms with Crippen molar-refractivity contribution in [1.29, 1.82) is 0 Å². The smallest absolute Gasteiger partial charge is 0.238 e. The molecule has 0 bridgehead atoms. The molecule has 0 aromatic heterocycles. The molecule has 0 saturated heterocycles. The number of carbonyl (C=O) groups excluding carboxylic acids is 2. The zero-order valence-corrected chi connectivity index (χ0v) is 12.1. The first-order chi connectivity index (χ1) is 10.1. The molecule has 0 aliphatic heterocycles. The molecule has 6 heteroatoms. The molecule has 1 aliphatic rings. The van der Waals surface area contributed by atoms with Gasteiger partial charge in [0.1, 0.15) is 0 Å². The van der Waals surface area contributed by atoms with Gasteiger partial charge in [0.25, 0.3) is 0 Å². The second-order valence-electron chi connectivity index (χ2n) is 5.23. The summed E-state index contributed by atoms with van der Waals surface area (Å²) in [4.78, 5) is 24.9. The Balaban J connectivity index is 1.85. The topological polar surface area (TPSA) is 81.7 Å². The molecule has 2 rings (SSSR count). The second kappa shape index (κ2) is 7.19. The average molecular weight is 291 g/mol. The van der Waals surface area contributed by atoms with Gasteiger partial charge in [-0.25, -0.2) is 0 Å². The van der Waals surface area contributed by atoms with Crippen LogP contribution in [0.25, 0.3) is 0 Å². The highest BCUT2D eigenvalue weighted by Gasteiger charge is 2.29. The van der Waals surface area contributed by atoms with Crippen LogP contribution in [0.4, 0.5) is 11.4 Å². The number of nitrogens with zero attached hydrogens (tertiary/aromatic N) is 1. The fourth-order valence-corrected chi connectivity index (χ4v) is 2.18. The zero-order chi connectivity index (χ0) is 15.2. The van der Waals surface area contributed by atoms with Gasteiger partial charge >= 0.3 is 0 Å². The second-order valence-corrected chi connectivity index (χ2v) is 5.23. The Labute approximate surface area is 124 Å². The monoisotopic (exact) mass is 291 g/mol. The van der Waals surface area contributed by atoms with Crippen molar-refractivity contribution in [3.8, 4) is 0 Å². The highest BCUT2D eigenvalue weighted by molar-refractivity contribution is 5.93. The maximum absolute atomic E-state index is 12.0. The molecule has 0 unspecified atom stereocenters. The van der Waals surface area contributed by atoms with Crippen molar-refractivity contribution in [2.45, 2.75) is 25.8 Å². The Morgan fingerprint density at radius 3 is 2.24 bits per heavy atom. The fourth-order valence-electron chi connectivity index (χ4n) is 2.18. The van der Waals surface area contributed by atoms with E-state index in [1.807, 2.05) is 4.90 Å². The minimum Gasteiger partial charge on any atom is -0.395 e. The van der Waals surface area contributed by atoms with Gasteiger partial charge in [-0.15, -0.1) is 0 Å². The van der Waals surface area contributed by atoms with Gasteiger partial charge in [-0.1, -0.05) is 0 Å². The minimum atomic E-state index is -0.129. The van der Waals surface area contributed by atoms with E-state index in [1.165, 1.54) is 6.92 Å². The van der Waals surface area contributed by atoms with E-state index in [1.54, 1.807) is 24.3 Å². The SMILES string of the molecule is CC(=O)Nc1ccc(NC(=O)CN(CCO)C2CC2)cc1. The van der Waals surface area contributed by atoms with Crippen molar-refractivity contribution >= 4 is 23.2 Å². The molecule has 0 atom stereocenters. The van der Waals surface area contributed by atoms with Crippen LogP contribution in [0, 0.1) is 0 Å². The molecule has 1 aromatic rings. The van der Waals surface area contributed by atoms with Crippen molar-refractivity contribution in [3.05, 3.63) is 24.3 Å². The van der Waals surface area contributed by atoms with E-state index in [0.717, 1.165) is 12.8 Å². The number of benzene rings is 1. The third-order valence-corrected chi connectivity index (χ3v) is 3.29. The van der Waals surface area contributed by atoms with E-state index in [2.05, 4.69) is 10.6 Å². The van der Waals surface area contributed by atoms with Crippen molar-refractivity contribution in [2.75, 3.05) is 30.3 Å². The number of amides is 2. The number of aliphatic hydroxyl groups is 1. The van der Waals surface area contributed by atoms with E-state index in [-0.39, 0.29) is 18.4 Å². The van der Waals surface area contributed by atoms with Crippen LogP contribution >= 0.6 is 0 Å². The van der Waals surface area contributed by atoms with Crippen LogP contribution in [0.15, 0.2) is 24.3 Å². The van der Waals surface area contributed by atoms with Crippen LogP contribution in [0.1, 0.15) is 19.8 Å². The molecular formula is C15H21N3O3. The summed E-state index contributed by atoms with van der Waals surface area (Å²) in [6.07, 6.45) is 2.19. The van der Waals surface area contributed by atoms with Gasteiger partial charge in [-0.3, -0.25) is 14.5 Å². The van der Waals surface area contributed by atoms with Crippen molar-refractivity contribution < 1.29 is 14.7 Å². The Bertz CT molecular complexity index is 497. The molecule has 3 N–H and O–H groups in total. The summed E-state index contributed by atoms with van der Waals surface area (Å²) in [6, 6.07) is 7.41. The average Bonchev–Trinajstić information content (AvgIpc) is 3.24. The van der Waals surface area contributed by atoms with Crippen molar-refractivity contribution in [2.24, 2.45) is 0 Å². The van der Waals surface area contributed by atoms with Crippen molar-refractivity contribution in [3.63, 3.8) is 0 Å². The van der Waals surface area contributed by atoms with Crippen LogP contribution < -0.4 is 10.6 Å². The first-order valence-corrected chi connectivity index (χ1v) is 7.11. The van der Waals surface area contributed by atoms with E-state index < -0.39 is 0 Å². The van der Waals surface area contributed by atoms with E-state index in [4.69, 9.17) is 5.11 Å². The molecule has 1 saturated carbocycles. The number of anilines is 2. The summed E-state index contributed by atoms with van der Waals surface area (Å²) < 4.78 is 0. The quantitative estimate of drug-likeness (QED) is 0.701. The number of nitrogens with one attached hydrogen (secondary N) is 2. The van der Waals surface area contributed by atoms with Gasteiger partial charge in [0.15, 0.2) is 0 Å². The van der Waals surface area contributed by atoms with E-state index in [0.29, 0.717) is 30.5 Å². The molecular weight excluding hydrogens is 270 g/mol. The van der Waals surface area contributed by atoms with Gasteiger partial charge in [-0.2, -0.15) is 0 Å². The van der Waals surface area contributed by atoms with Crippen molar-refractivity contribution in [1.82, 2.24) is 4.90 Å². The third kappa shape index (κ3) is 5.17. The summed E-state index contributed by atoms with van der Waals surface area (Å²) in [7, 11) is 0. The Morgan fingerprint density at radius 2 is 1.76 bits per heavy atom. The maximum atomic E-state index is 12.0. The first kappa shape index (κ1) is 15.5. The summed E-state index contributed by atoms with van der Waals surface area (Å²) >= 11 is 0. The normalized spacial score (nSPS) is 14.0. The van der Waals surface area contributed by atoms with Gasteiger partial charge in [0.2, 0.25) is 11.8 Å². The lowest BCUT2D eigenvalue weighted by Gasteiger charge is -2.20. The molecule has 114 valence electrons.